The topological polar surface area (TPSA) is 64.3 Å². The molecule has 0 saturated heterocycles. The molecule has 1 atom stereocenters. The van der Waals surface area contributed by atoms with Gasteiger partial charge in [-0.2, -0.15) is 0 Å². The van der Waals surface area contributed by atoms with Crippen LogP contribution in [-0.2, 0) is 4.74 Å². The second kappa shape index (κ2) is 5.86. The predicted molar refractivity (Wildman–Crippen MR) is 57.1 cm³/mol. The number of nitrogens with two attached hydrogens (primary N) is 1. The summed E-state index contributed by atoms with van der Waals surface area (Å²) in [6, 6.07) is 0. The molecule has 0 aromatic rings. The van der Waals surface area contributed by atoms with Gasteiger partial charge in [0, 0.05) is 12.1 Å². The van der Waals surface area contributed by atoms with Crippen LogP contribution in [0, 0.1) is 0 Å². The van der Waals surface area contributed by atoms with Gasteiger partial charge in [0.25, 0.3) is 0 Å². The zero-order valence-electron chi connectivity index (χ0n) is 9.59. The molecule has 0 bridgehead atoms. The summed E-state index contributed by atoms with van der Waals surface area (Å²) in [5.74, 6) is 0. The number of hydrogen-bond donors (Lipinski definition) is 2. The fraction of sp³-hybridized carbons (Fsp3) is 0.900. The maximum Gasteiger partial charge on any atom is 0.407 e. The van der Waals surface area contributed by atoms with E-state index in [2.05, 4.69) is 5.32 Å². The van der Waals surface area contributed by atoms with Gasteiger partial charge in [0.05, 0.1) is 0 Å². The van der Waals surface area contributed by atoms with E-state index in [1.807, 2.05) is 27.7 Å². The Kier molecular flexibility index (Phi) is 5.53. The van der Waals surface area contributed by atoms with Gasteiger partial charge in [-0.25, -0.2) is 4.79 Å². The lowest BCUT2D eigenvalue weighted by Gasteiger charge is -2.22. The Hall–Kier alpha value is -0.770. The molecule has 4 nitrogen and oxygen atoms in total. The molecule has 0 heterocycles. The molecular formula is C10H22N2O2. The summed E-state index contributed by atoms with van der Waals surface area (Å²) in [6.45, 7) is 8.14. The van der Waals surface area contributed by atoms with E-state index in [-0.39, 0.29) is 17.7 Å². The Bertz CT molecular complexity index is 175. The predicted octanol–water partition coefficient (Wildman–Crippen LogP) is 1.64. The van der Waals surface area contributed by atoms with Gasteiger partial charge >= 0.3 is 6.09 Å². The number of carbonyl (C=O) groups is 1. The van der Waals surface area contributed by atoms with Crippen molar-refractivity contribution in [2.75, 3.05) is 6.54 Å². The van der Waals surface area contributed by atoms with Gasteiger partial charge in [0.15, 0.2) is 0 Å². The summed E-state index contributed by atoms with van der Waals surface area (Å²) in [4.78, 5) is 11.3. The number of ether oxygens (including phenoxy) is 1. The van der Waals surface area contributed by atoms with Crippen molar-refractivity contribution in [3.63, 3.8) is 0 Å². The van der Waals surface area contributed by atoms with Gasteiger partial charge in [0.2, 0.25) is 0 Å². The summed E-state index contributed by atoms with van der Waals surface area (Å²) in [5.41, 5.74) is 5.20. The van der Waals surface area contributed by atoms with Crippen molar-refractivity contribution in [1.29, 1.82) is 0 Å². The van der Waals surface area contributed by atoms with E-state index >= 15 is 0 Å². The fourth-order valence-electron chi connectivity index (χ4n) is 1.03. The molecule has 84 valence electrons. The second-order valence-corrected chi connectivity index (χ2v) is 4.43. The van der Waals surface area contributed by atoms with Gasteiger partial charge in [-0.15, -0.1) is 0 Å². The van der Waals surface area contributed by atoms with Crippen molar-refractivity contribution >= 4 is 6.09 Å². The van der Waals surface area contributed by atoms with Crippen molar-refractivity contribution in [2.24, 2.45) is 5.73 Å². The zero-order chi connectivity index (χ0) is 11.2. The zero-order valence-corrected chi connectivity index (χ0v) is 9.59. The molecular weight excluding hydrogens is 180 g/mol. The SMILES string of the molecule is CCC[C@H](CN)OC(=O)NC(C)(C)C. The third-order valence-corrected chi connectivity index (χ3v) is 1.62. The molecule has 0 aliphatic heterocycles. The molecule has 0 aromatic carbocycles. The normalized spacial score (nSPS) is 13.5. The molecule has 0 spiro atoms. The average molecular weight is 202 g/mol. The minimum absolute atomic E-state index is 0.164. The summed E-state index contributed by atoms with van der Waals surface area (Å²) in [5, 5.41) is 2.73. The number of alkyl carbamates (subject to hydrolysis) is 1. The average Bonchev–Trinajstić information content (AvgIpc) is 2.00. The van der Waals surface area contributed by atoms with Crippen LogP contribution in [0.25, 0.3) is 0 Å². The maximum absolute atomic E-state index is 11.3. The van der Waals surface area contributed by atoms with Gasteiger partial charge in [-0.05, 0) is 27.2 Å². The summed E-state index contributed by atoms with van der Waals surface area (Å²) in [6.07, 6.45) is 1.22. The molecule has 0 aromatic heterocycles. The highest BCUT2D eigenvalue weighted by Crippen LogP contribution is 2.04. The molecule has 3 N–H and O–H groups in total. The molecule has 0 unspecified atom stereocenters. The van der Waals surface area contributed by atoms with Gasteiger partial charge < -0.3 is 15.8 Å². The van der Waals surface area contributed by atoms with Crippen molar-refractivity contribution in [3.8, 4) is 0 Å². The number of carbonyl (C=O) groups excluding carboxylic acids is 1. The number of hydrogen-bond acceptors (Lipinski definition) is 3. The largest absolute Gasteiger partial charge is 0.445 e. The van der Waals surface area contributed by atoms with Crippen LogP contribution < -0.4 is 11.1 Å². The summed E-state index contributed by atoms with van der Waals surface area (Å²) >= 11 is 0. The molecule has 4 heteroatoms. The molecule has 0 aliphatic carbocycles. The monoisotopic (exact) mass is 202 g/mol. The van der Waals surface area contributed by atoms with Crippen LogP contribution in [0.3, 0.4) is 0 Å². The summed E-state index contributed by atoms with van der Waals surface area (Å²) < 4.78 is 5.14. The first-order valence-corrected chi connectivity index (χ1v) is 5.08. The fourth-order valence-corrected chi connectivity index (χ4v) is 1.03. The molecule has 0 rings (SSSR count). The Labute approximate surface area is 86.2 Å². The smallest absolute Gasteiger partial charge is 0.407 e. The van der Waals surface area contributed by atoms with Crippen LogP contribution in [0.15, 0.2) is 0 Å². The number of nitrogens with one attached hydrogen (secondary N) is 1. The molecule has 0 aliphatic rings. The third kappa shape index (κ3) is 6.71. The first-order valence-electron chi connectivity index (χ1n) is 5.08. The lowest BCUT2D eigenvalue weighted by Crippen LogP contribution is -2.43. The van der Waals surface area contributed by atoms with Gasteiger partial charge in [-0.3, -0.25) is 0 Å². The first kappa shape index (κ1) is 13.2. The summed E-state index contributed by atoms with van der Waals surface area (Å²) in [7, 11) is 0. The van der Waals surface area contributed by atoms with Crippen molar-refractivity contribution in [1.82, 2.24) is 5.32 Å². The quantitative estimate of drug-likeness (QED) is 0.728. The lowest BCUT2D eigenvalue weighted by molar-refractivity contribution is 0.0901. The van der Waals surface area contributed by atoms with E-state index < -0.39 is 0 Å². The highest BCUT2D eigenvalue weighted by molar-refractivity contribution is 5.68. The van der Waals surface area contributed by atoms with Crippen LogP contribution in [0.4, 0.5) is 4.79 Å². The van der Waals surface area contributed by atoms with Crippen LogP contribution in [-0.4, -0.2) is 24.3 Å². The van der Waals surface area contributed by atoms with Crippen LogP contribution in [0.2, 0.25) is 0 Å². The first-order chi connectivity index (χ1) is 6.39. The highest BCUT2D eigenvalue weighted by atomic mass is 16.6. The van der Waals surface area contributed by atoms with E-state index in [1.54, 1.807) is 0 Å². The third-order valence-electron chi connectivity index (χ3n) is 1.62. The highest BCUT2D eigenvalue weighted by Gasteiger charge is 2.17. The Morgan fingerprint density at radius 3 is 2.43 bits per heavy atom. The Morgan fingerprint density at radius 2 is 2.07 bits per heavy atom. The maximum atomic E-state index is 11.3. The molecule has 1 amide bonds. The van der Waals surface area contributed by atoms with E-state index in [0.29, 0.717) is 6.54 Å². The molecule has 14 heavy (non-hydrogen) atoms. The van der Waals surface area contributed by atoms with Crippen molar-refractivity contribution in [2.45, 2.75) is 52.2 Å². The molecule has 0 fully saturated rings. The standard InChI is InChI=1S/C10H22N2O2/c1-5-6-8(7-11)14-9(13)12-10(2,3)4/h8H,5-7,11H2,1-4H3,(H,12,13)/t8-/m1/s1. The van der Waals surface area contributed by atoms with Gasteiger partial charge in [0.1, 0.15) is 6.10 Å². The van der Waals surface area contributed by atoms with Crippen molar-refractivity contribution in [3.05, 3.63) is 0 Å². The number of amides is 1. The van der Waals surface area contributed by atoms with Gasteiger partial charge in [-0.1, -0.05) is 13.3 Å². The molecule has 0 saturated carbocycles. The second-order valence-electron chi connectivity index (χ2n) is 4.43. The minimum Gasteiger partial charge on any atom is -0.445 e. The van der Waals surface area contributed by atoms with Crippen molar-refractivity contribution < 1.29 is 9.53 Å². The Morgan fingerprint density at radius 1 is 1.50 bits per heavy atom. The van der Waals surface area contributed by atoms with Crippen LogP contribution >= 0.6 is 0 Å². The lowest BCUT2D eigenvalue weighted by atomic mass is 10.1. The minimum atomic E-state index is -0.388. The molecule has 0 radical (unpaired) electrons. The van der Waals surface area contributed by atoms with Crippen LogP contribution in [0.1, 0.15) is 40.5 Å². The Balaban J connectivity index is 3.91. The van der Waals surface area contributed by atoms with E-state index in [1.165, 1.54) is 0 Å². The van der Waals surface area contributed by atoms with E-state index in [4.69, 9.17) is 10.5 Å². The van der Waals surface area contributed by atoms with E-state index in [9.17, 15) is 4.79 Å². The number of rotatable bonds is 4. The van der Waals surface area contributed by atoms with E-state index in [0.717, 1.165) is 12.8 Å². The van der Waals surface area contributed by atoms with Crippen LogP contribution in [0.5, 0.6) is 0 Å².